The molecule has 2 aromatic rings. The normalized spacial score (nSPS) is 19.4. The first-order valence-electron chi connectivity index (χ1n) is 10.3. The highest BCUT2D eigenvalue weighted by molar-refractivity contribution is 14.0. The summed E-state index contributed by atoms with van der Waals surface area (Å²) in [6.07, 6.45) is 0.499. The Morgan fingerprint density at radius 1 is 1.19 bits per heavy atom. The number of sulfonamides is 1. The van der Waals surface area contributed by atoms with Crippen molar-refractivity contribution in [1.82, 2.24) is 10.2 Å². The van der Waals surface area contributed by atoms with Crippen LogP contribution in [0.2, 0.25) is 0 Å². The second-order valence-electron chi connectivity index (χ2n) is 7.57. The van der Waals surface area contributed by atoms with Crippen molar-refractivity contribution in [2.24, 2.45) is 10.1 Å². The Kier molecular flexibility index (Phi) is 9.86. The van der Waals surface area contributed by atoms with Gasteiger partial charge in [-0.3, -0.25) is 4.99 Å². The van der Waals surface area contributed by atoms with Crippen molar-refractivity contribution in [2.75, 3.05) is 26.2 Å². The highest BCUT2D eigenvalue weighted by Crippen LogP contribution is 2.25. The Hall–Kier alpha value is -1.76. The van der Waals surface area contributed by atoms with Crippen molar-refractivity contribution >= 4 is 40.0 Å². The lowest BCUT2D eigenvalue weighted by Crippen LogP contribution is -2.50. The fourth-order valence-corrected chi connectivity index (χ4v) is 4.06. The largest absolute Gasteiger partial charge is 0.367 e. The summed E-state index contributed by atoms with van der Waals surface area (Å²) in [6.45, 7) is 6.62. The first-order chi connectivity index (χ1) is 14.8. The number of hydrogen-bond donors (Lipinski definition) is 2. The van der Waals surface area contributed by atoms with Gasteiger partial charge in [0.25, 0.3) is 0 Å². The minimum absolute atomic E-state index is 0. The van der Waals surface area contributed by atoms with E-state index >= 15 is 0 Å². The van der Waals surface area contributed by atoms with Crippen molar-refractivity contribution < 1.29 is 17.5 Å². The standard InChI is InChI=1S/C22H29FN4O3S.HI/c1-3-25-22(26-13-12-17-4-10-20(11-5-17)31(24,28)29)27-14-16(2)30-21(15-27)18-6-8-19(23)9-7-18;/h4-11,16,21H,3,12-15H2,1-2H3,(H,25,26)(H2,24,28,29);1H. The molecule has 0 aromatic heterocycles. The Labute approximate surface area is 206 Å². The highest BCUT2D eigenvalue weighted by atomic mass is 127. The Balaban J connectivity index is 0.00000363. The van der Waals surface area contributed by atoms with Gasteiger partial charge < -0.3 is 15.0 Å². The van der Waals surface area contributed by atoms with Crippen LogP contribution in [0.5, 0.6) is 0 Å². The van der Waals surface area contributed by atoms with Crippen molar-refractivity contribution in [2.45, 2.75) is 37.4 Å². The molecule has 1 aliphatic heterocycles. The zero-order valence-electron chi connectivity index (χ0n) is 18.2. The molecule has 0 bridgehead atoms. The summed E-state index contributed by atoms with van der Waals surface area (Å²) in [5, 5.41) is 8.48. The molecule has 10 heteroatoms. The van der Waals surface area contributed by atoms with E-state index in [0.717, 1.165) is 23.6 Å². The van der Waals surface area contributed by atoms with Crippen LogP contribution in [0.15, 0.2) is 58.4 Å². The Morgan fingerprint density at radius 2 is 1.84 bits per heavy atom. The van der Waals surface area contributed by atoms with Crippen LogP contribution in [-0.4, -0.2) is 51.6 Å². The lowest BCUT2D eigenvalue weighted by atomic mass is 10.1. The Bertz CT molecular complexity index is 1000. The van der Waals surface area contributed by atoms with Gasteiger partial charge in [0, 0.05) is 19.6 Å². The number of hydrogen-bond acceptors (Lipinski definition) is 4. The molecule has 0 amide bonds. The summed E-state index contributed by atoms with van der Waals surface area (Å²) in [6, 6.07) is 12.9. The molecule has 32 heavy (non-hydrogen) atoms. The Morgan fingerprint density at radius 3 is 2.44 bits per heavy atom. The molecule has 0 aliphatic carbocycles. The number of benzene rings is 2. The van der Waals surface area contributed by atoms with E-state index in [9.17, 15) is 12.8 Å². The van der Waals surface area contributed by atoms with Crippen LogP contribution < -0.4 is 10.5 Å². The van der Waals surface area contributed by atoms with Crippen LogP contribution in [0.4, 0.5) is 4.39 Å². The molecule has 7 nitrogen and oxygen atoms in total. The van der Waals surface area contributed by atoms with Gasteiger partial charge in [-0.2, -0.15) is 0 Å². The number of aliphatic imine (C=N–C) groups is 1. The minimum atomic E-state index is -3.69. The smallest absolute Gasteiger partial charge is 0.238 e. The summed E-state index contributed by atoms with van der Waals surface area (Å²) >= 11 is 0. The van der Waals surface area contributed by atoms with Crippen LogP contribution in [0, 0.1) is 5.82 Å². The lowest BCUT2D eigenvalue weighted by Gasteiger charge is -2.38. The maximum atomic E-state index is 13.3. The number of morpholine rings is 1. The summed E-state index contributed by atoms with van der Waals surface area (Å²) in [5.41, 5.74) is 1.91. The highest BCUT2D eigenvalue weighted by Gasteiger charge is 2.28. The number of nitrogens with zero attached hydrogens (tertiary/aromatic N) is 2. The van der Waals surface area contributed by atoms with Crippen LogP contribution in [0.1, 0.15) is 31.1 Å². The fourth-order valence-electron chi connectivity index (χ4n) is 3.55. The van der Waals surface area contributed by atoms with E-state index < -0.39 is 10.0 Å². The van der Waals surface area contributed by atoms with Gasteiger partial charge in [-0.25, -0.2) is 17.9 Å². The van der Waals surface area contributed by atoms with Crippen molar-refractivity contribution in [3.05, 3.63) is 65.5 Å². The fraction of sp³-hybridized carbons (Fsp3) is 0.409. The quantitative estimate of drug-likeness (QED) is 0.313. The van der Waals surface area contributed by atoms with Crippen molar-refractivity contribution in [3.63, 3.8) is 0 Å². The van der Waals surface area contributed by atoms with Crippen molar-refractivity contribution in [3.8, 4) is 0 Å². The molecule has 176 valence electrons. The number of ether oxygens (including phenoxy) is 1. The van der Waals surface area contributed by atoms with Gasteiger partial charge in [-0.15, -0.1) is 24.0 Å². The van der Waals surface area contributed by atoms with Gasteiger partial charge in [-0.05, 0) is 55.7 Å². The van der Waals surface area contributed by atoms with Crippen LogP contribution in [0.25, 0.3) is 0 Å². The predicted molar refractivity (Wildman–Crippen MR) is 134 cm³/mol. The van der Waals surface area contributed by atoms with Crippen LogP contribution >= 0.6 is 24.0 Å². The number of guanidine groups is 1. The number of rotatable bonds is 6. The van der Waals surface area contributed by atoms with E-state index in [1.54, 1.807) is 24.3 Å². The second kappa shape index (κ2) is 11.9. The third kappa shape index (κ3) is 7.39. The molecule has 1 heterocycles. The van der Waals surface area contributed by atoms with Crippen LogP contribution in [0.3, 0.4) is 0 Å². The van der Waals surface area contributed by atoms with E-state index in [4.69, 9.17) is 14.9 Å². The first-order valence-corrected chi connectivity index (χ1v) is 11.9. The van der Waals surface area contributed by atoms with Gasteiger partial charge in [0.1, 0.15) is 11.9 Å². The number of primary sulfonamides is 1. The molecule has 3 N–H and O–H groups in total. The number of halogens is 2. The van der Waals surface area contributed by atoms with E-state index in [2.05, 4.69) is 10.2 Å². The average molecular weight is 576 g/mol. The zero-order chi connectivity index (χ0) is 22.4. The topological polar surface area (TPSA) is 97.0 Å². The molecule has 1 saturated heterocycles. The van der Waals surface area contributed by atoms with Gasteiger partial charge in [-0.1, -0.05) is 24.3 Å². The average Bonchev–Trinajstić information content (AvgIpc) is 2.73. The maximum Gasteiger partial charge on any atom is 0.238 e. The van der Waals surface area contributed by atoms with Crippen LogP contribution in [-0.2, 0) is 21.2 Å². The van der Waals surface area contributed by atoms with E-state index in [1.165, 1.54) is 24.3 Å². The minimum Gasteiger partial charge on any atom is -0.367 e. The molecule has 3 rings (SSSR count). The zero-order valence-corrected chi connectivity index (χ0v) is 21.3. The van der Waals surface area contributed by atoms with Gasteiger partial charge in [0.15, 0.2) is 5.96 Å². The summed E-state index contributed by atoms with van der Waals surface area (Å²) in [4.78, 5) is 7.02. The molecule has 2 unspecified atom stereocenters. The van der Waals surface area contributed by atoms with Crippen molar-refractivity contribution in [1.29, 1.82) is 0 Å². The van der Waals surface area contributed by atoms with E-state index in [0.29, 0.717) is 26.1 Å². The second-order valence-corrected chi connectivity index (χ2v) is 9.13. The molecular formula is C22H30FIN4O3S. The van der Waals surface area contributed by atoms with Gasteiger partial charge in [0.05, 0.1) is 17.5 Å². The molecule has 0 saturated carbocycles. The third-order valence-corrected chi connectivity index (χ3v) is 5.98. The molecular weight excluding hydrogens is 546 g/mol. The summed E-state index contributed by atoms with van der Waals surface area (Å²) < 4.78 is 42.1. The van der Waals surface area contributed by atoms with E-state index in [1.807, 2.05) is 13.8 Å². The lowest BCUT2D eigenvalue weighted by molar-refractivity contribution is -0.0605. The number of nitrogens with two attached hydrogens (primary N) is 1. The van der Waals surface area contributed by atoms with Gasteiger partial charge in [0.2, 0.25) is 10.0 Å². The number of nitrogens with one attached hydrogen (secondary N) is 1. The predicted octanol–water partition coefficient (Wildman–Crippen LogP) is 3.06. The molecule has 0 radical (unpaired) electrons. The molecule has 0 spiro atoms. The molecule has 2 aromatic carbocycles. The van der Waals surface area contributed by atoms with E-state index in [-0.39, 0.29) is 46.9 Å². The first kappa shape index (κ1) is 26.5. The summed E-state index contributed by atoms with van der Waals surface area (Å²) in [5.74, 6) is 0.530. The molecule has 1 fully saturated rings. The monoisotopic (exact) mass is 576 g/mol. The maximum absolute atomic E-state index is 13.3. The molecule has 2 atom stereocenters. The summed E-state index contributed by atoms with van der Waals surface area (Å²) in [7, 11) is -3.69. The third-order valence-electron chi connectivity index (χ3n) is 5.05. The SMILES string of the molecule is CCNC(=NCCc1ccc(S(N)(=O)=O)cc1)N1CC(C)OC(c2ccc(F)cc2)C1.I. The molecule has 1 aliphatic rings. The van der Waals surface area contributed by atoms with Gasteiger partial charge >= 0.3 is 0 Å².